The van der Waals surface area contributed by atoms with E-state index in [1.807, 2.05) is 0 Å². The quantitative estimate of drug-likeness (QED) is 0.759. The summed E-state index contributed by atoms with van der Waals surface area (Å²) in [5.74, 6) is 0. The van der Waals surface area contributed by atoms with E-state index in [0.717, 1.165) is 12.3 Å². The highest BCUT2D eigenvalue weighted by molar-refractivity contribution is 5.49. The van der Waals surface area contributed by atoms with Gasteiger partial charge in [-0.05, 0) is 17.7 Å². The van der Waals surface area contributed by atoms with E-state index >= 15 is 0 Å². The first-order valence-electron chi connectivity index (χ1n) is 5.34. The van der Waals surface area contributed by atoms with Crippen molar-refractivity contribution >= 4 is 6.41 Å². The van der Waals surface area contributed by atoms with Gasteiger partial charge in [-0.2, -0.15) is 13.2 Å². The number of hydrogen-bond acceptors (Lipinski definition) is 3. The van der Waals surface area contributed by atoms with Crippen LogP contribution in [0.1, 0.15) is 17.3 Å². The number of hydrogen-bond donors (Lipinski definition) is 0. The Kier molecular flexibility index (Phi) is 3.51. The zero-order chi connectivity index (χ0) is 13.2. The molecule has 4 nitrogen and oxygen atoms in total. The molecule has 18 heavy (non-hydrogen) atoms. The van der Waals surface area contributed by atoms with Crippen LogP contribution in [-0.4, -0.2) is 36.1 Å². The first-order valence-corrected chi connectivity index (χ1v) is 5.34. The minimum Gasteiger partial charge on any atom is -0.377 e. The molecule has 0 N–H and O–H groups in total. The number of rotatable bonds is 2. The Labute approximate surface area is 101 Å². The Balaban J connectivity index is 2.29. The van der Waals surface area contributed by atoms with Gasteiger partial charge < -0.3 is 9.64 Å². The van der Waals surface area contributed by atoms with Crippen LogP contribution < -0.4 is 0 Å². The number of halogens is 3. The summed E-state index contributed by atoms with van der Waals surface area (Å²) in [6, 6.07) is 1.93. The SMILES string of the molecule is O=CN1CCOC[C@H]1c1ccnc(C(F)(F)F)c1. The van der Waals surface area contributed by atoms with Crippen molar-refractivity contribution in [3.8, 4) is 0 Å². The molecule has 2 rings (SSSR count). The molecule has 1 aromatic heterocycles. The Hall–Kier alpha value is -1.63. The number of aromatic nitrogens is 1. The van der Waals surface area contributed by atoms with Crippen LogP contribution in [0.2, 0.25) is 0 Å². The summed E-state index contributed by atoms with van der Waals surface area (Å²) in [6.45, 7) is 0.963. The van der Waals surface area contributed by atoms with Gasteiger partial charge >= 0.3 is 6.18 Å². The predicted molar refractivity (Wildman–Crippen MR) is 55.6 cm³/mol. The molecule has 0 spiro atoms. The molecular weight excluding hydrogens is 249 g/mol. The number of pyridine rings is 1. The second-order valence-electron chi connectivity index (χ2n) is 3.91. The van der Waals surface area contributed by atoms with Crippen molar-refractivity contribution in [1.82, 2.24) is 9.88 Å². The number of carbonyl (C=O) groups excluding carboxylic acids is 1. The molecule has 7 heteroatoms. The van der Waals surface area contributed by atoms with Crippen LogP contribution in [0.15, 0.2) is 18.3 Å². The van der Waals surface area contributed by atoms with Crippen molar-refractivity contribution in [3.05, 3.63) is 29.6 Å². The summed E-state index contributed by atoms with van der Waals surface area (Å²) in [5, 5.41) is 0. The van der Waals surface area contributed by atoms with Gasteiger partial charge in [-0.15, -0.1) is 0 Å². The van der Waals surface area contributed by atoms with E-state index in [1.54, 1.807) is 0 Å². The maximum absolute atomic E-state index is 12.5. The van der Waals surface area contributed by atoms with Gasteiger partial charge in [0.2, 0.25) is 6.41 Å². The van der Waals surface area contributed by atoms with Crippen LogP contribution in [0.4, 0.5) is 13.2 Å². The van der Waals surface area contributed by atoms with Gasteiger partial charge in [0.05, 0.1) is 19.3 Å². The van der Waals surface area contributed by atoms with Crippen molar-refractivity contribution in [2.45, 2.75) is 12.2 Å². The first kappa shape index (κ1) is 12.8. The van der Waals surface area contributed by atoms with E-state index in [-0.39, 0.29) is 6.61 Å². The third kappa shape index (κ3) is 2.61. The van der Waals surface area contributed by atoms with Crippen LogP contribution in [0.5, 0.6) is 0 Å². The van der Waals surface area contributed by atoms with Gasteiger partial charge in [-0.25, -0.2) is 0 Å². The molecule has 0 aromatic carbocycles. The average molecular weight is 260 g/mol. The molecule has 1 amide bonds. The Morgan fingerprint density at radius 2 is 2.28 bits per heavy atom. The highest BCUT2D eigenvalue weighted by Gasteiger charge is 2.33. The maximum atomic E-state index is 12.5. The van der Waals surface area contributed by atoms with Crippen molar-refractivity contribution in [1.29, 1.82) is 0 Å². The summed E-state index contributed by atoms with van der Waals surface area (Å²) in [5.41, 5.74) is -0.583. The lowest BCUT2D eigenvalue weighted by atomic mass is 10.1. The van der Waals surface area contributed by atoms with Gasteiger partial charge in [-0.1, -0.05) is 0 Å². The summed E-state index contributed by atoms with van der Waals surface area (Å²) >= 11 is 0. The summed E-state index contributed by atoms with van der Waals surface area (Å²) in [6.07, 6.45) is -2.77. The number of amides is 1. The largest absolute Gasteiger partial charge is 0.433 e. The Morgan fingerprint density at radius 3 is 2.94 bits per heavy atom. The highest BCUT2D eigenvalue weighted by atomic mass is 19.4. The Bertz CT molecular complexity index is 437. The molecule has 1 fully saturated rings. The smallest absolute Gasteiger partial charge is 0.377 e. The molecule has 1 aromatic rings. The van der Waals surface area contributed by atoms with Crippen LogP contribution in [0.25, 0.3) is 0 Å². The summed E-state index contributed by atoms with van der Waals surface area (Å²) in [4.78, 5) is 15.6. The molecule has 0 aliphatic carbocycles. The molecule has 2 heterocycles. The molecule has 1 aliphatic heterocycles. The number of carbonyl (C=O) groups is 1. The topological polar surface area (TPSA) is 42.4 Å². The molecular formula is C11H11F3N2O2. The van der Waals surface area contributed by atoms with Crippen molar-refractivity contribution in [2.75, 3.05) is 19.8 Å². The highest BCUT2D eigenvalue weighted by Crippen LogP contribution is 2.30. The maximum Gasteiger partial charge on any atom is 0.433 e. The molecule has 0 unspecified atom stereocenters. The van der Waals surface area contributed by atoms with Gasteiger partial charge in [0.25, 0.3) is 0 Å². The van der Waals surface area contributed by atoms with Gasteiger partial charge in [0, 0.05) is 12.7 Å². The zero-order valence-corrected chi connectivity index (χ0v) is 9.35. The number of morpholine rings is 1. The third-order valence-electron chi connectivity index (χ3n) is 2.76. The minimum absolute atomic E-state index is 0.194. The van der Waals surface area contributed by atoms with Gasteiger partial charge in [0.15, 0.2) is 0 Å². The molecule has 0 radical (unpaired) electrons. The van der Waals surface area contributed by atoms with E-state index in [0.29, 0.717) is 25.1 Å². The molecule has 1 atom stereocenters. The fourth-order valence-corrected chi connectivity index (χ4v) is 1.84. The lowest BCUT2D eigenvalue weighted by molar-refractivity contribution is -0.141. The average Bonchev–Trinajstić information content (AvgIpc) is 2.38. The fraction of sp³-hybridized carbons (Fsp3) is 0.455. The normalized spacial score (nSPS) is 20.8. The molecule has 98 valence electrons. The number of ether oxygens (including phenoxy) is 1. The van der Waals surface area contributed by atoms with Crippen LogP contribution in [-0.2, 0) is 15.7 Å². The van der Waals surface area contributed by atoms with Gasteiger partial charge in [0.1, 0.15) is 5.69 Å². The molecule has 1 saturated heterocycles. The van der Waals surface area contributed by atoms with E-state index < -0.39 is 17.9 Å². The summed E-state index contributed by atoms with van der Waals surface area (Å²) in [7, 11) is 0. The fourth-order valence-electron chi connectivity index (χ4n) is 1.84. The second kappa shape index (κ2) is 4.93. The third-order valence-corrected chi connectivity index (χ3v) is 2.76. The van der Waals surface area contributed by atoms with Crippen LogP contribution >= 0.6 is 0 Å². The van der Waals surface area contributed by atoms with E-state index in [4.69, 9.17) is 4.74 Å². The second-order valence-corrected chi connectivity index (χ2v) is 3.91. The van der Waals surface area contributed by atoms with Crippen LogP contribution in [0, 0.1) is 0 Å². The minimum atomic E-state index is -4.49. The number of alkyl halides is 3. The monoisotopic (exact) mass is 260 g/mol. The lowest BCUT2D eigenvalue weighted by Gasteiger charge is -2.33. The van der Waals surface area contributed by atoms with Crippen molar-refractivity contribution < 1.29 is 22.7 Å². The molecule has 1 aliphatic rings. The molecule has 0 bridgehead atoms. The number of nitrogens with zero attached hydrogens (tertiary/aromatic N) is 2. The van der Waals surface area contributed by atoms with Crippen molar-refractivity contribution in [2.24, 2.45) is 0 Å². The summed E-state index contributed by atoms with van der Waals surface area (Å²) < 4.78 is 42.8. The van der Waals surface area contributed by atoms with Crippen molar-refractivity contribution in [3.63, 3.8) is 0 Å². The first-order chi connectivity index (χ1) is 8.52. The van der Waals surface area contributed by atoms with E-state index in [9.17, 15) is 18.0 Å². The predicted octanol–water partition coefficient (Wildman–Crippen LogP) is 1.63. The Morgan fingerprint density at radius 1 is 1.50 bits per heavy atom. The van der Waals surface area contributed by atoms with Crippen LogP contribution in [0.3, 0.4) is 0 Å². The van der Waals surface area contributed by atoms with E-state index in [1.165, 1.54) is 11.0 Å². The van der Waals surface area contributed by atoms with E-state index in [2.05, 4.69) is 4.98 Å². The lowest BCUT2D eigenvalue weighted by Crippen LogP contribution is -2.38. The standard InChI is InChI=1S/C11H11F3N2O2/c12-11(13,14)10-5-8(1-2-15-10)9-6-18-4-3-16(9)7-17/h1-2,5,7,9H,3-4,6H2/t9-/m0/s1. The molecule has 0 saturated carbocycles. The van der Waals surface area contributed by atoms with Gasteiger partial charge in [-0.3, -0.25) is 9.78 Å². The zero-order valence-electron chi connectivity index (χ0n) is 9.35.